The minimum absolute atomic E-state index is 0.0181. The lowest BCUT2D eigenvalue weighted by Crippen LogP contribution is -2.20. The molecule has 0 atom stereocenters. The third-order valence-electron chi connectivity index (χ3n) is 4.24. The van der Waals surface area contributed by atoms with Crippen molar-refractivity contribution in [3.8, 4) is 27.8 Å². The maximum absolute atomic E-state index is 12.8. The molecule has 1 aromatic carbocycles. The molecule has 4 rings (SSSR count). The highest BCUT2D eigenvalue weighted by Gasteiger charge is 2.31. The highest BCUT2D eigenvalue weighted by Crippen LogP contribution is 2.40. The fraction of sp³-hybridized carbons (Fsp3) is 0.278. The van der Waals surface area contributed by atoms with Crippen LogP contribution in [0.3, 0.4) is 0 Å². The van der Waals surface area contributed by atoms with Gasteiger partial charge in [-0.3, -0.25) is 4.79 Å². The molecule has 2 N–H and O–H groups in total. The lowest BCUT2D eigenvalue weighted by atomic mass is 10.1. The van der Waals surface area contributed by atoms with E-state index in [4.69, 9.17) is 15.2 Å². The Morgan fingerprint density at radius 1 is 1.32 bits per heavy atom. The van der Waals surface area contributed by atoms with E-state index in [1.807, 2.05) is 0 Å². The lowest BCUT2D eigenvalue weighted by molar-refractivity contribution is -0.142. The fourth-order valence-corrected chi connectivity index (χ4v) is 4.04. The number of carbonyl (C=O) groups excluding carboxylic acids is 2. The van der Waals surface area contributed by atoms with Crippen LogP contribution in [0, 0.1) is 0 Å². The Balaban J connectivity index is 1.67. The molecule has 13 heteroatoms. The van der Waals surface area contributed by atoms with E-state index in [0.717, 1.165) is 15.9 Å². The third-order valence-corrected chi connectivity index (χ3v) is 5.35. The number of primary amides is 1. The van der Waals surface area contributed by atoms with E-state index < -0.39 is 31.2 Å². The van der Waals surface area contributed by atoms with E-state index in [1.165, 1.54) is 23.5 Å². The highest BCUT2D eigenvalue weighted by atomic mass is 32.1. The van der Waals surface area contributed by atoms with Gasteiger partial charge < -0.3 is 15.2 Å². The number of nitrogens with two attached hydrogens (primary N) is 1. The first-order valence-corrected chi connectivity index (χ1v) is 9.70. The normalized spacial score (nSPS) is 13.0. The number of fused-ring (bicyclic) bond motifs is 3. The molecule has 9 nitrogen and oxygen atoms in total. The lowest BCUT2D eigenvalue weighted by Gasteiger charge is -2.09. The van der Waals surface area contributed by atoms with E-state index in [-0.39, 0.29) is 18.0 Å². The second-order valence-electron chi connectivity index (χ2n) is 6.50. The van der Waals surface area contributed by atoms with E-state index >= 15 is 0 Å². The predicted molar refractivity (Wildman–Crippen MR) is 101 cm³/mol. The van der Waals surface area contributed by atoms with Gasteiger partial charge in [-0.2, -0.15) is 18.3 Å². The molecule has 2 aromatic heterocycles. The number of rotatable bonds is 5. The van der Waals surface area contributed by atoms with Gasteiger partial charge in [0.05, 0.1) is 17.9 Å². The largest absolute Gasteiger partial charge is 0.492 e. The van der Waals surface area contributed by atoms with Gasteiger partial charge >= 0.3 is 12.1 Å². The van der Waals surface area contributed by atoms with Crippen molar-refractivity contribution in [2.45, 2.75) is 19.1 Å². The van der Waals surface area contributed by atoms with Crippen LogP contribution in [0.1, 0.15) is 15.2 Å². The standard InChI is InChI=1S/C18H14F3N5O4S/c19-18(20,21)7-26-15(23-8-24-26)16-25-14-10-2-1-9(17(28)30-6-13(22)27)5-11(10)29-4-3-12(14)31-16/h1-2,5,8H,3-4,6-7H2,(H2,22,27). The molecule has 162 valence electrons. The van der Waals surface area contributed by atoms with Crippen LogP contribution in [-0.2, 0) is 22.5 Å². The molecular formula is C18H14F3N5O4S. The number of ether oxygens (including phenoxy) is 2. The number of halogens is 3. The second kappa shape index (κ2) is 7.98. The van der Waals surface area contributed by atoms with Crippen LogP contribution < -0.4 is 10.5 Å². The molecule has 3 aromatic rings. The summed E-state index contributed by atoms with van der Waals surface area (Å²) < 4.78 is 49.7. The molecule has 0 fully saturated rings. The fourth-order valence-electron chi connectivity index (χ4n) is 2.98. The van der Waals surface area contributed by atoms with Gasteiger partial charge in [0.1, 0.15) is 18.6 Å². The molecule has 3 heterocycles. The van der Waals surface area contributed by atoms with Crippen molar-refractivity contribution < 1.29 is 32.2 Å². The number of esters is 1. The zero-order valence-corrected chi connectivity index (χ0v) is 16.5. The zero-order valence-electron chi connectivity index (χ0n) is 15.7. The number of benzene rings is 1. The number of thiazole rings is 1. The van der Waals surface area contributed by atoms with E-state index in [9.17, 15) is 22.8 Å². The van der Waals surface area contributed by atoms with Gasteiger partial charge in [0, 0.05) is 16.9 Å². The van der Waals surface area contributed by atoms with Crippen LogP contribution in [0.2, 0.25) is 0 Å². The summed E-state index contributed by atoms with van der Waals surface area (Å²) in [5.74, 6) is -1.14. The van der Waals surface area contributed by atoms with Crippen molar-refractivity contribution in [1.29, 1.82) is 0 Å². The van der Waals surface area contributed by atoms with Crippen LogP contribution in [0.25, 0.3) is 22.1 Å². The van der Waals surface area contributed by atoms with Crippen LogP contribution in [0.15, 0.2) is 24.5 Å². The highest BCUT2D eigenvalue weighted by molar-refractivity contribution is 7.15. The number of nitrogens with zero attached hydrogens (tertiary/aromatic N) is 4. The smallest absolute Gasteiger partial charge is 0.408 e. The van der Waals surface area contributed by atoms with Gasteiger partial charge in [0.25, 0.3) is 5.91 Å². The average molecular weight is 453 g/mol. The number of amides is 1. The maximum Gasteiger partial charge on any atom is 0.408 e. The van der Waals surface area contributed by atoms with Crippen LogP contribution >= 0.6 is 11.3 Å². The SMILES string of the molecule is NC(=O)COC(=O)c1ccc2c(c1)OCCc1sc(-c3ncnn3CC(F)(F)F)nc1-2. The van der Waals surface area contributed by atoms with E-state index in [0.29, 0.717) is 28.4 Å². The molecule has 0 radical (unpaired) electrons. The molecule has 0 saturated carbocycles. The number of alkyl halides is 3. The van der Waals surface area contributed by atoms with Gasteiger partial charge in [0.2, 0.25) is 0 Å². The van der Waals surface area contributed by atoms with Crippen molar-refractivity contribution in [2.75, 3.05) is 13.2 Å². The summed E-state index contributed by atoms with van der Waals surface area (Å²) in [5, 5.41) is 3.95. The Bertz CT molecular complexity index is 1160. The molecule has 0 unspecified atom stereocenters. The number of aromatic nitrogens is 4. The van der Waals surface area contributed by atoms with Gasteiger partial charge in [0.15, 0.2) is 17.4 Å². The topological polar surface area (TPSA) is 122 Å². The van der Waals surface area contributed by atoms with Gasteiger partial charge in [-0.25, -0.2) is 19.4 Å². The minimum atomic E-state index is -4.45. The monoisotopic (exact) mass is 453 g/mol. The first kappa shape index (κ1) is 20.8. The summed E-state index contributed by atoms with van der Waals surface area (Å²) in [6, 6.07) is 4.54. The van der Waals surface area contributed by atoms with Crippen molar-refractivity contribution >= 4 is 23.2 Å². The average Bonchev–Trinajstić information content (AvgIpc) is 3.27. The van der Waals surface area contributed by atoms with Crippen molar-refractivity contribution in [2.24, 2.45) is 5.73 Å². The molecule has 0 bridgehead atoms. The Morgan fingerprint density at radius 2 is 2.13 bits per heavy atom. The van der Waals surface area contributed by atoms with Crippen molar-refractivity contribution in [3.63, 3.8) is 0 Å². The second-order valence-corrected chi connectivity index (χ2v) is 7.58. The first-order valence-electron chi connectivity index (χ1n) is 8.88. The molecule has 1 aliphatic heterocycles. The van der Waals surface area contributed by atoms with Gasteiger partial charge in [-0.05, 0) is 18.2 Å². The Labute approximate surface area is 176 Å². The van der Waals surface area contributed by atoms with E-state index in [1.54, 1.807) is 6.07 Å². The number of hydrogen-bond acceptors (Lipinski definition) is 8. The van der Waals surface area contributed by atoms with Gasteiger partial charge in [-0.1, -0.05) is 0 Å². The maximum atomic E-state index is 12.8. The summed E-state index contributed by atoms with van der Waals surface area (Å²) in [4.78, 5) is 32.1. The number of carbonyl (C=O) groups is 2. The Morgan fingerprint density at radius 3 is 2.87 bits per heavy atom. The van der Waals surface area contributed by atoms with E-state index in [2.05, 4.69) is 15.1 Å². The Kier molecular flexibility index (Phi) is 5.35. The molecule has 0 saturated heterocycles. The summed E-state index contributed by atoms with van der Waals surface area (Å²) in [6.07, 6.45) is -2.93. The number of hydrogen-bond donors (Lipinski definition) is 1. The zero-order chi connectivity index (χ0) is 22.2. The summed E-state index contributed by atoms with van der Waals surface area (Å²) >= 11 is 1.21. The minimum Gasteiger partial charge on any atom is -0.492 e. The van der Waals surface area contributed by atoms with Gasteiger partial charge in [-0.15, -0.1) is 11.3 Å². The molecule has 0 spiro atoms. The van der Waals surface area contributed by atoms with Crippen molar-refractivity contribution in [3.05, 3.63) is 35.0 Å². The third kappa shape index (κ3) is 4.50. The summed E-state index contributed by atoms with van der Waals surface area (Å²) in [6.45, 7) is -1.55. The predicted octanol–water partition coefficient (Wildman–Crippen LogP) is 2.21. The molecule has 0 aliphatic carbocycles. The first-order chi connectivity index (χ1) is 14.7. The quantitative estimate of drug-likeness (QED) is 0.588. The molecule has 31 heavy (non-hydrogen) atoms. The molecule has 1 amide bonds. The van der Waals surface area contributed by atoms with Crippen LogP contribution in [0.5, 0.6) is 5.75 Å². The molecular weight excluding hydrogens is 439 g/mol. The summed E-state index contributed by atoms with van der Waals surface area (Å²) in [7, 11) is 0. The van der Waals surface area contributed by atoms with Crippen molar-refractivity contribution in [1.82, 2.24) is 19.7 Å². The van der Waals surface area contributed by atoms with Crippen LogP contribution in [0.4, 0.5) is 13.2 Å². The Hall–Kier alpha value is -3.48. The van der Waals surface area contributed by atoms with Crippen LogP contribution in [-0.4, -0.2) is 51.0 Å². The summed E-state index contributed by atoms with van der Waals surface area (Å²) in [5.41, 5.74) is 6.23. The molecule has 1 aliphatic rings.